The van der Waals surface area contributed by atoms with E-state index >= 15 is 0 Å². The fraction of sp³-hybridized carbons (Fsp3) is 0.148. The van der Waals surface area contributed by atoms with E-state index in [0.29, 0.717) is 41.0 Å². The van der Waals surface area contributed by atoms with Gasteiger partial charge in [0.05, 0.1) is 6.54 Å². The van der Waals surface area contributed by atoms with E-state index in [-0.39, 0.29) is 29.7 Å². The number of carbonyl (C=O) groups excluding carboxylic acids is 3. The predicted octanol–water partition coefficient (Wildman–Crippen LogP) is 4.47. The van der Waals surface area contributed by atoms with Crippen LogP contribution in [0.5, 0.6) is 11.5 Å². The molecule has 0 saturated carbocycles. The number of halogens is 2. The summed E-state index contributed by atoms with van der Waals surface area (Å²) in [6.45, 7) is 1.28. The van der Waals surface area contributed by atoms with Gasteiger partial charge in [-0.3, -0.25) is 19.3 Å². The van der Waals surface area contributed by atoms with Gasteiger partial charge < -0.3 is 20.1 Å². The lowest BCUT2D eigenvalue weighted by Crippen LogP contribution is -2.33. The van der Waals surface area contributed by atoms with Crippen LogP contribution in [0.2, 0.25) is 5.02 Å². The molecule has 188 valence electrons. The van der Waals surface area contributed by atoms with Crippen molar-refractivity contribution >= 4 is 46.6 Å². The molecule has 37 heavy (non-hydrogen) atoms. The SMILES string of the molecule is O=C(Nc1ccc2c(c1)OCCO2)c1ccc(CNC2=C(Cl)C(=O)N(Cc3ccc(Cl)cc3)C2=O)cc1. The van der Waals surface area contributed by atoms with E-state index in [2.05, 4.69) is 10.6 Å². The smallest absolute Gasteiger partial charge is 0.278 e. The number of rotatable bonds is 7. The van der Waals surface area contributed by atoms with Gasteiger partial charge in [0.15, 0.2) is 11.5 Å². The molecule has 0 fully saturated rings. The molecule has 0 saturated heterocycles. The highest BCUT2D eigenvalue weighted by molar-refractivity contribution is 6.47. The number of amides is 3. The summed E-state index contributed by atoms with van der Waals surface area (Å²) in [4.78, 5) is 39.1. The van der Waals surface area contributed by atoms with Crippen molar-refractivity contribution in [3.05, 3.63) is 99.2 Å². The zero-order valence-electron chi connectivity index (χ0n) is 19.4. The molecule has 0 aliphatic carbocycles. The lowest BCUT2D eigenvalue weighted by Gasteiger charge is -2.19. The van der Waals surface area contributed by atoms with E-state index in [4.69, 9.17) is 32.7 Å². The van der Waals surface area contributed by atoms with Crippen LogP contribution in [-0.4, -0.2) is 35.8 Å². The third kappa shape index (κ3) is 5.40. The van der Waals surface area contributed by atoms with Gasteiger partial charge in [0.25, 0.3) is 17.7 Å². The average Bonchev–Trinajstić information content (AvgIpc) is 3.11. The maximum atomic E-state index is 12.8. The summed E-state index contributed by atoms with van der Waals surface area (Å²) in [6, 6.07) is 19.0. The van der Waals surface area contributed by atoms with Crippen molar-refractivity contribution in [2.24, 2.45) is 0 Å². The normalized spacial score (nSPS) is 14.7. The van der Waals surface area contributed by atoms with Gasteiger partial charge in [0.2, 0.25) is 0 Å². The summed E-state index contributed by atoms with van der Waals surface area (Å²) in [5.74, 6) is -0.107. The van der Waals surface area contributed by atoms with Crippen LogP contribution in [0.15, 0.2) is 77.5 Å². The second-order valence-electron chi connectivity index (χ2n) is 8.37. The molecule has 2 aliphatic rings. The zero-order valence-corrected chi connectivity index (χ0v) is 20.9. The molecule has 2 aliphatic heterocycles. The summed E-state index contributed by atoms with van der Waals surface area (Å²) in [6.07, 6.45) is 0. The van der Waals surface area contributed by atoms with E-state index in [9.17, 15) is 14.4 Å². The highest BCUT2D eigenvalue weighted by Gasteiger charge is 2.37. The maximum Gasteiger partial charge on any atom is 0.278 e. The molecule has 5 rings (SSSR count). The minimum absolute atomic E-state index is 0.0426. The molecule has 2 N–H and O–H groups in total. The topological polar surface area (TPSA) is 97.0 Å². The predicted molar refractivity (Wildman–Crippen MR) is 139 cm³/mol. The van der Waals surface area contributed by atoms with E-state index < -0.39 is 11.8 Å². The number of hydrogen-bond acceptors (Lipinski definition) is 6. The Kier molecular flexibility index (Phi) is 7.03. The minimum Gasteiger partial charge on any atom is -0.486 e. The Labute approximate surface area is 222 Å². The third-order valence-electron chi connectivity index (χ3n) is 5.85. The first kappa shape index (κ1) is 24.7. The molecular weight excluding hydrogens is 517 g/mol. The molecule has 2 heterocycles. The quantitative estimate of drug-likeness (QED) is 0.431. The molecular formula is C27H21Cl2N3O5. The van der Waals surface area contributed by atoms with Crippen LogP contribution in [0.25, 0.3) is 0 Å². The zero-order chi connectivity index (χ0) is 25.9. The van der Waals surface area contributed by atoms with Crippen LogP contribution >= 0.6 is 23.2 Å². The van der Waals surface area contributed by atoms with Gasteiger partial charge in [-0.15, -0.1) is 0 Å². The Morgan fingerprint density at radius 3 is 2.24 bits per heavy atom. The Bertz CT molecular complexity index is 1400. The lowest BCUT2D eigenvalue weighted by atomic mass is 10.1. The number of benzene rings is 3. The fourth-order valence-electron chi connectivity index (χ4n) is 3.90. The van der Waals surface area contributed by atoms with Crippen molar-refractivity contribution in [1.29, 1.82) is 0 Å². The molecule has 0 radical (unpaired) electrons. The first-order valence-electron chi connectivity index (χ1n) is 11.4. The van der Waals surface area contributed by atoms with E-state index in [1.54, 1.807) is 66.7 Å². The number of nitrogens with one attached hydrogen (secondary N) is 2. The van der Waals surface area contributed by atoms with Gasteiger partial charge in [0, 0.05) is 28.9 Å². The van der Waals surface area contributed by atoms with Gasteiger partial charge in [-0.1, -0.05) is 47.5 Å². The summed E-state index contributed by atoms with van der Waals surface area (Å²) >= 11 is 12.1. The molecule has 10 heteroatoms. The van der Waals surface area contributed by atoms with Crippen LogP contribution in [0.1, 0.15) is 21.5 Å². The molecule has 0 bridgehead atoms. The molecule has 3 aromatic rings. The van der Waals surface area contributed by atoms with Crippen LogP contribution < -0.4 is 20.1 Å². The summed E-state index contributed by atoms with van der Waals surface area (Å²) in [5, 5.41) is 6.20. The molecule has 8 nitrogen and oxygen atoms in total. The Morgan fingerprint density at radius 2 is 1.51 bits per heavy atom. The number of hydrogen-bond donors (Lipinski definition) is 2. The Hall–Kier alpha value is -4.01. The van der Waals surface area contributed by atoms with Gasteiger partial charge in [-0.25, -0.2) is 0 Å². The van der Waals surface area contributed by atoms with Crippen LogP contribution in [-0.2, 0) is 22.7 Å². The average molecular weight is 538 g/mol. The highest BCUT2D eigenvalue weighted by Crippen LogP contribution is 2.32. The first-order chi connectivity index (χ1) is 17.9. The highest BCUT2D eigenvalue weighted by atomic mass is 35.5. The van der Waals surface area contributed by atoms with Gasteiger partial charge in [-0.05, 0) is 47.5 Å². The van der Waals surface area contributed by atoms with E-state index in [0.717, 1.165) is 16.0 Å². The maximum absolute atomic E-state index is 12.8. The second-order valence-corrected chi connectivity index (χ2v) is 9.19. The number of imide groups is 1. The standard InChI is InChI=1S/C27H21Cl2N3O5/c28-19-7-3-17(4-8-19)15-32-26(34)23(29)24(27(32)35)30-14-16-1-5-18(6-2-16)25(33)31-20-9-10-21-22(13-20)37-12-11-36-21/h1-10,13,30H,11-12,14-15H2,(H,31,33). The molecule has 0 atom stereocenters. The van der Waals surface area contributed by atoms with Crippen LogP contribution in [0, 0.1) is 0 Å². The van der Waals surface area contributed by atoms with Crippen LogP contribution in [0.4, 0.5) is 5.69 Å². The molecule has 0 aromatic heterocycles. The van der Waals surface area contributed by atoms with Gasteiger partial charge >= 0.3 is 0 Å². The van der Waals surface area contributed by atoms with Crippen molar-refractivity contribution in [3.63, 3.8) is 0 Å². The first-order valence-corrected chi connectivity index (χ1v) is 12.2. The minimum atomic E-state index is -0.560. The van der Waals surface area contributed by atoms with E-state index in [1.165, 1.54) is 0 Å². The van der Waals surface area contributed by atoms with Gasteiger partial charge in [0.1, 0.15) is 23.9 Å². The molecule has 3 aromatic carbocycles. The number of carbonyl (C=O) groups is 3. The summed E-state index contributed by atoms with van der Waals surface area (Å²) < 4.78 is 11.0. The Morgan fingerprint density at radius 1 is 0.838 bits per heavy atom. The van der Waals surface area contributed by atoms with Crippen molar-refractivity contribution in [1.82, 2.24) is 10.2 Å². The fourth-order valence-corrected chi connectivity index (χ4v) is 4.28. The van der Waals surface area contributed by atoms with Crippen molar-refractivity contribution in [2.45, 2.75) is 13.1 Å². The third-order valence-corrected chi connectivity index (χ3v) is 6.45. The summed E-state index contributed by atoms with van der Waals surface area (Å²) in [5.41, 5.74) is 2.64. The monoisotopic (exact) mass is 537 g/mol. The number of anilines is 1. The van der Waals surface area contributed by atoms with Crippen molar-refractivity contribution in [3.8, 4) is 11.5 Å². The molecule has 3 amide bonds. The van der Waals surface area contributed by atoms with E-state index in [1.807, 2.05) is 0 Å². The largest absolute Gasteiger partial charge is 0.486 e. The number of ether oxygens (including phenoxy) is 2. The second kappa shape index (κ2) is 10.5. The molecule has 0 spiro atoms. The van der Waals surface area contributed by atoms with Crippen LogP contribution in [0.3, 0.4) is 0 Å². The lowest BCUT2D eigenvalue weighted by molar-refractivity contribution is -0.138. The Balaban J connectivity index is 1.18. The molecule has 0 unspecified atom stereocenters. The number of nitrogens with zero attached hydrogens (tertiary/aromatic N) is 1. The van der Waals surface area contributed by atoms with Crippen molar-refractivity contribution in [2.75, 3.05) is 18.5 Å². The number of fused-ring (bicyclic) bond motifs is 1. The van der Waals surface area contributed by atoms with Crippen molar-refractivity contribution < 1.29 is 23.9 Å². The summed E-state index contributed by atoms with van der Waals surface area (Å²) in [7, 11) is 0. The van der Waals surface area contributed by atoms with Gasteiger partial charge in [-0.2, -0.15) is 0 Å².